The van der Waals surface area contributed by atoms with Gasteiger partial charge in [0, 0.05) is 18.6 Å². The molecule has 2 aliphatic rings. The van der Waals surface area contributed by atoms with Crippen LogP contribution in [-0.4, -0.2) is 31.4 Å². The lowest BCUT2D eigenvalue weighted by Crippen LogP contribution is -2.44. The van der Waals surface area contributed by atoms with E-state index in [1.807, 2.05) is 0 Å². The molecule has 2 nitrogen and oxygen atoms in total. The third kappa shape index (κ3) is 3.17. The Labute approximate surface area is 137 Å². The second-order valence-electron chi connectivity index (χ2n) is 8.79. The van der Waals surface area contributed by atoms with Crippen LogP contribution in [0.2, 0.25) is 18.1 Å². The summed E-state index contributed by atoms with van der Waals surface area (Å²) in [5.41, 5.74) is 1.89. The lowest BCUT2D eigenvalue weighted by atomic mass is 10.1. The van der Waals surface area contributed by atoms with E-state index in [0.717, 1.165) is 13.1 Å². The van der Waals surface area contributed by atoms with Crippen molar-refractivity contribution in [1.29, 1.82) is 0 Å². The van der Waals surface area contributed by atoms with Crippen molar-refractivity contribution in [3.63, 3.8) is 0 Å². The Kier molecular flexibility index (Phi) is 4.03. The molecule has 0 N–H and O–H groups in total. The lowest BCUT2D eigenvalue weighted by Gasteiger charge is -2.38. The van der Waals surface area contributed by atoms with Crippen molar-refractivity contribution >= 4 is 8.32 Å². The van der Waals surface area contributed by atoms with E-state index in [1.165, 1.54) is 24.8 Å². The molecule has 1 aromatic carbocycles. The van der Waals surface area contributed by atoms with Crippen LogP contribution >= 0.6 is 0 Å². The molecule has 1 aliphatic heterocycles. The van der Waals surface area contributed by atoms with Crippen LogP contribution < -0.4 is 0 Å². The number of benzene rings is 1. The molecular formula is C19H31NOSi. The summed E-state index contributed by atoms with van der Waals surface area (Å²) >= 11 is 0. The highest BCUT2D eigenvalue weighted by molar-refractivity contribution is 6.74. The summed E-state index contributed by atoms with van der Waals surface area (Å²) in [5, 5.41) is 0.302. The normalized spacial score (nSPS) is 24.9. The van der Waals surface area contributed by atoms with Gasteiger partial charge in [-0.05, 0) is 43.0 Å². The van der Waals surface area contributed by atoms with Gasteiger partial charge in [0.25, 0.3) is 0 Å². The van der Waals surface area contributed by atoms with Gasteiger partial charge < -0.3 is 4.43 Å². The fraction of sp³-hybridized carbons (Fsp3) is 0.684. The van der Waals surface area contributed by atoms with E-state index in [-0.39, 0.29) is 0 Å². The van der Waals surface area contributed by atoms with Gasteiger partial charge in [0.05, 0.1) is 6.10 Å². The molecule has 1 heterocycles. The van der Waals surface area contributed by atoms with E-state index in [9.17, 15) is 0 Å². The molecule has 122 valence electrons. The van der Waals surface area contributed by atoms with E-state index in [2.05, 4.69) is 69.1 Å². The predicted molar refractivity (Wildman–Crippen MR) is 95.5 cm³/mol. The Morgan fingerprint density at radius 3 is 2.36 bits per heavy atom. The molecule has 0 amide bonds. The van der Waals surface area contributed by atoms with Gasteiger partial charge in [-0.3, -0.25) is 4.90 Å². The van der Waals surface area contributed by atoms with Gasteiger partial charge in [0.2, 0.25) is 0 Å². The van der Waals surface area contributed by atoms with Gasteiger partial charge in [-0.2, -0.15) is 0 Å². The number of hydrogen-bond donors (Lipinski definition) is 0. The number of rotatable bonds is 4. The Balaban J connectivity index is 1.66. The maximum Gasteiger partial charge on any atom is 0.192 e. The quantitative estimate of drug-likeness (QED) is 0.739. The minimum absolute atomic E-state index is 0.302. The van der Waals surface area contributed by atoms with Crippen LogP contribution in [-0.2, 0) is 11.0 Å². The SMILES string of the molecule is CC(C)(C)[Si](C)(C)O[C@H]1CN(Cc2ccccc2)C2(CC2)C1. The lowest BCUT2D eigenvalue weighted by molar-refractivity contribution is 0.175. The molecule has 1 aromatic rings. The zero-order valence-corrected chi connectivity index (χ0v) is 15.9. The van der Waals surface area contributed by atoms with Crippen LogP contribution in [0.4, 0.5) is 0 Å². The van der Waals surface area contributed by atoms with Crippen molar-refractivity contribution in [2.24, 2.45) is 0 Å². The fourth-order valence-corrected chi connectivity index (χ4v) is 4.77. The molecule has 3 heteroatoms. The van der Waals surface area contributed by atoms with Gasteiger partial charge in [-0.1, -0.05) is 51.1 Å². The van der Waals surface area contributed by atoms with Crippen LogP contribution in [0.25, 0.3) is 0 Å². The van der Waals surface area contributed by atoms with Crippen molar-refractivity contribution in [3.8, 4) is 0 Å². The number of likely N-dealkylation sites (tertiary alicyclic amines) is 1. The Morgan fingerprint density at radius 2 is 1.82 bits per heavy atom. The Morgan fingerprint density at radius 1 is 1.18 bits per heavy atom. The van der Waals surface area contributed by atoms with Gasteiger partial charge >= 0.3 is 0 Å². The summed E-state index contributed by atoms with van der Waals surface area (Å²) in [5.74, 6) is 0. The Hall–Kier alpha value is -0.643. The summed E-state index contributed by atoms with van der Waals surface area (Å²) < 4.78 is 6.70. The van der Waals surface area contributed by atoms with Crippen molar-refractivity contribution < 1.29 is 4.43 Å². The topological polar surface area (TPSA) is 12.5 Å². The first-order chi connectivity index (χ1) is 10.2. The molecule has 1 saturated heterocycles. The van der Waals surface area contributed by atoms with Crippen LogP contribution in [0.3, 0.4) is 0 Å². The second-order valence-corrected chi connectivity index (χ2v) is 13.6. The first-order valence-corrected chi connectivity index (χ1v) is 11.6. The molecule has 1 aliphatic carbocycles. The molecule has 0 unspecified atom stereocenters. The molecule has 1 saturated carbocycles. The second kappa shape index (κ2) is 5.47. The monoisotopic (exact) mass is 317 g/mol. The molecule has 0 bridgehead atoms. The maximum atomic E-state index is 6.70. The summed E-state index contributed by atoms with van der Waals surface area (Å²) in [7, 11) is -1.65. The fourth-order valence-electron chi connectivity index (χ4n) is 3.43. The first-order valence-electron chi connectivity index (χ1n) is 8.69. The van der Waals surface area contributed by atoms with Crippen LogP contribution in [0, 0.1) is 0 Å². The van der Waals surface area contributed by atoms with Crippen molar-refractivity contribution in [2.75, 3.05) is 6.54 Å². The van der Waals surface area contributed by atoms with Crippen LogP contribution in [0.5, 0.6) is 0 Å². The molecule has 0 aromatic heterocycles. The highest BCUT2D eigenvalue weighted by Gasteiger charge is 2.55. The molecule has 1 spiro atoms. The molecule has 2 fully saturated rings. The molecule has 22 heavy (non-hydrogen) atoms. The summed E-state index contributed by atoms with van der Waals surface area (Å²) in [6.07, 6.45) is 4.40. The van der Waals surface area contributed by atoms with E-state index in [0.29, 0.717) is 16.7 Å². The summed E-state index contributed by atoms with van der Waals surface area (Å²) in [6.45, 7) is 14.0. The van der Waals surface area contributed by atoms with E-state index in [4.69, 9.17) is 4.43 Å². The smallest absolute Gasteiger partial charge is 0.192 e. The van der Waals surface area contributed by atoms with Gasteiger partial charge in [0.15, 0.2) is 8.32 Å². The zero-order chi connectivity index (χ0) is 16.0. The van der Waals surface area contributed by atoms with Crippen LogP contribution in [0.1, 0.15) is 45.6 Å². The van der Waals surface area contributed by atoms with Gasteiger partial charge in [-0.15, -0.1) is 0 Å². The molecular weight excluding hydrogens is 286 g/mol. The highest BCUT2D eigenvalue weighted by atomic mass is 28.4. The van der Waals surface area contributed by atoms with Gasteiger partial charge in [-0.25, -0.2) is 0 Å². The maximum absolute atomic E-state index is 6.70. The first kappa shape index (κ1) is 16.2. The molecule has 1 atom stereocenters. The largest absolute Gasteiger partial charge is 0.413 e. The van der Waals surface area contributed by atoms with Crippen molar-refractivity contribution in [3.05, 3.63) is 35.9 Å². The minimum atomic E-state index is -1.65. The highest BCUT2D eigenvalue weighted by Crippen LogP contribution is 2.52. The third-order valence-electron chi connectivity index (χ3n) is 6.01. The molecule has 3 rings (SSSR count). The Bertz CT molecular complexity index is 516. The standard InChI is InChI=1S/C19H31NOSi/c1-18(2,3)22(4,5)21-17-13-19(11-12-19)20(15-17)14-16-9-7-6-8-10-16/h6-10,17H,11-15H2,1-5H3/t17-/m1/s1. The minimum Gasteiger partial charge on any atom is -0.413 e. The predicted octanol–water partition coefficient (Wildman–Crippen LogP) is 4.82. The average molecular weight is 318 g/mol. The van der Waals surface area contributed by atoms with Crippen LogP contribution in [0.15, 0.2) is 30.3 Å². The molecule has 0 radical (unpaired) electrons. The number of hydrogen-bond acceptors (Lipinski definition) is 2. The van der Waals surface area contributed by atoms with E-state index in [1.54, 1.807) is 0 Å². The van der Waals surface area contributed by atoms with Crippen molar-refractivity contribution in [2.45, 2.75) is 76.4 Å². The third-order valence-corrected chi connectivity index (χ3v) is 10.5. The van der Waals surface area contributed by atoms with E-state index < -0.39 is 8.32 Å². The van der Waals surface area contributed by atoms with E-state index >= 15 is 0 Å². The zero-order valence-electron chi connectivity index (χ0n) is 14.9. The summed E-state index contributed by atoms with van der Waals surface area (Å²) in [6, 6.07) is 10.9. The van der Waals surface area contributed by atoms with Gasteiger partial charge in [0.1, 0.15) is 0 Å². The van der Waals surface area contributed by atoms with Crippen molar-refractivity contribution in [1.82, 2.24) is 4.90 Å². The average Bonchev–Trinajstić information content (AvgIpc) is 3.10. The summed E-state index contributed by atoms with van der Waals surface area (Å²) in [4.78, 5) is 2.69. The number of nitrogens with zero attached hydrogens (tertiary/aromatic N) is 1.